The van der Waals surface area contributed by atoms with Gasteiger partial charge in [0.15, 0.2) is 16.2 Å². The molecule has 0 radical (unpaired) electrons. The molecule has 0 aliphatic heterocycles. The summed E-state index contributed by atoms with van der Waals surface area (Å²) in [4.78, 5) is 13.2. The van der Waals surface area contributed by atoms with Crippen LogP contribution in [0, 0.1) is 0 Å². The minimum atomic E-state index is -0.265. The molecule has 0 saturated heterocycles. The fourth-order valence-corrected chi connectivity index (χ4v) is 3.37. The third-order valence-electron chi connectivity index (χ3n) is 4.03. The highest BCUT2D eigenvalue weighted by Crippen LogP contribution is 2.42. The standard InChI is InChI=1S/C19H17BrO6/c1-22-10-5-6-11-14(9-10)26-19(20)15(11)16(21)12-7-8-13(23-2)18(25-4)17(12)24-3/h5-9H,1-4H3. The highest BCUT2D eigenvalue weighted by molar-refractivity contribution is 9.10. The molecule has 3 aromatic rings. The Morgan fingerprint density at radius 2 is 1.65 bits per heavy atom. The summed E-state index contributed by atoms with van der Waals surface area (Å²) in [6.45, 7) is 0. The van der Waals surface area contributed by atoms with Gasteiger partial charge < -0.3 is 23.4 Å². The van der Waals surface area contributed by atoms with Gasteiger partial charge in [0.1, 0.15) is 11.3 Å². The van der Waals surface area contributed by atoms with Gasteiger partial charge in [-0.2, -0.15) is 0 Å². The molecule has 0 N–H and O–H groups in total. The molecule has 1 aromatic heterocycles. The van der Waals surface area contributed by atoms with Gasteiger partial charge in [-0.1, -0.05) is 0 Å². The Kier molecular flexibility index (Phi) is 5.08. The Morgan fingerprint density at radius 3 is 2.27 bits per heavy atom. The van der Waals surface area contributed by atoms with E-state index in [1.165, 1.54) is 21.3 Å². The summed E-state index contributed by atoms with van der Waals surface area (Å²) in [5, 5.41) is 0.666. The highest BCUT2D eigenvalue weighted by atomic mass is 79.9. The molecule has 1 heterocycles. The van der Waals surface area contributed by atoms with Gasteiger partial charge in [0, 0.05) is 11.5 Å². The minimum absolute atomic E-state index is 0.265. The second-order valence-corrected chi connectivity index (χ2v) is 6.04. The number of ether oxygens (including phenoxy) is 4. The first-order chi connectivity index (χ1) is 12.5. The normalized spacial score (nSPS) is 10.7. The van der Waals surface area contributed by atoms with E-state index in [1.54, 1.807) is 37.4 Å². The van der Waals surface area contributed by atoms with Crippen LogP contribution in [0.5, 0.6) is 23.0 Å². The van der Waals surface area contributed by atoms with Gasteiger partial charge in [-0.25, -0.2) is 0 Å². The molecule has 6 nitrogen and oxygen atoms in total. The van der Waals surface area contributed by atoms with Crippen LogP contribution in [0.4, 0.5) is 0 Å². The van der Waals surface area contributed by atoms with Gasteiger partial charge in [-0.3, -0.25) is 4.79 Å². The number of hydrogen-bond donors (Lipinski definition) is 0. The van der Waals surface area contributed by atoms with Crippen molar-refractivity contribution in [2.24, 2.45) is 0 Å². The van der Waals surface area contributed by atoms with E-state index in [4.69, 9.17) is 23.4 Å². The zero-order chi connectivity index (χ0) is 18.8. The number of furan rings is 1. The first kappa shape index (κ1) is 18.1. The van der Waals surface area contributed by atoms with Crippen molar-refractivity contribution >= 4 is 32.7 Å². The molecule has 0 spiro atoms. The Balaban J connectivity index is 2.19. The summed E-state index contributed by atoms with van der Waals surface area (Å²) in [6, 6.07) is 8.57. The maximum Gasteiger partial charge on any atom is 0.204 e. The first-order valence-corrected chi connectivity index (χ1v) is 8.44. The second-order valence-electron chi connectivity index (χ2n) is 5.32. The van der Waals surface area contributed by atoms with Crippen molar-refractivity contribution in [1.29, 1.82) is 0 Å². The van der Waals surface area contributed by atoms with E-state index in [2.05, 4.69) is 15.9 Å². The van der Waals surface area contributed by atoms with Crippen molar-refractivity contribution in [3.05, 3.63) is 46.1 Å². The van der Waals surface area contributed by atoms with Crippen molar-refractivity contribution < 1.29 is 28.2 Å². The minimum Gasteiger partial charge on any atom is -0.497 e. The van der Waals surface area contributed by atoms with Crippen LogP contribution in [0.3, 0.4) is 0 Å². The number of rotatable bonds is 6. The average molecular weight is 421 g/mol. The first-order valence-electron chi connectivity index (χ1n) is 7.65. The lowest BCUT2D eigenvalue weighted by atomic mass is 10.0. The summed E-state index contributed by atoms with van der Waals surface area (Å²) in [5.74, 6) is 1.50. The molecule has 0 fully saturated rings. The topological polar surface area (TPSA) is 67.1 Å². The molecule has 2 aromatic carbocycles. The van der Waals surface area contributed by atoms with Crippen LogP contribution >= 0.6 is 15.9 Å². The average Bonchev–Trinajstić information content (AvgIpc) is 3.00. The van der Waals surface area contributed by atoms with Crippen molar-refractivity contribution in [3.8, 4) is 23.0 Å². The Bertz CT molecular complexity index is 976. The number of carbonyl (C=O) groups is 1. The molecule has 0 bridgehead atoms. The van der Waals surface area contributed by atoms with Crippen LogP contribution in [-0.2, 0) is 0 Å². The summed E-state index contributed by atoms with van der Waals surface area (Å²) in [5.41, 5.74) is 1.27. The monoisotopic (exact) mass is 420 g/mol. The number of carbonyl (C=O) groups excluding carboxylic acids is 1. The quantitative estimate of drug-likeness (QED) is 0.548. The molecule has 0 atom stereocenters. The van der Waals surface area contributed by atoms with Crippen molar-refractivity contribution in [2.75, 3.05) is 28.4 Å². The van der Waals surface area contributed by atoms with Crippen LogP contribution in [0.1, 0.15) is 15.9 Å². The van der Waals surface area contributed by atoms with E-state index in [-0.39, 0.29) is 5.78 Å². The van der Waals surface area contributed by atoms with E-state index in [1.807, 2.05) is 0 Å². The SMILES string of the molecule is COc1ccc2c(C(=O)c3ccc(OC)c(OC)c3OC)c(Br)oc2c1. The van der Waals surface area contributed by atoms with E-state index in [9.17, 15) is 4.79 Å². The van der Waals surface area contributed by atoms with E-state index < -0.39 is 0 Å². The van der Waals surface area contributed by atoms with Crippen LogP contribution in [0.25, 0.3) is 11.0 Å². The van der Waals surface area contributed by atoms with Gasteiger partial charge in [0.2, 0.25) is 11.5 Å². The number of methoxy groups -OCH3 is 4. The molecule has 7 heteroatoms. The van der Waals surface area contributed by atoms with Crippen molar-refractivity contribution in [2.45, 2.75) is 0 Å². The lowest BCUT2D eigenvalue weighted by Crippen LogP contribution is -2.06. The largest absolute Gasteiger partial charge is 0.497 e. The Morgan fingerprint density at radius 1 is 0.923 bits per heavy atom. The van der Waals surface area contributed by atoms with Crippen molar-refractivity contribution in [3.63, 3.8) is 0 Å². The smallest absolute Gasteiger partial charge is 0.204 e. The number of fused-ring (bicyclic) bond motifs is 1. The molecule has 26 heavy (non-hydrogen) atoms. The third kappa shape index (κ3) is 2.88. The summed E-state index contributed by atoms with van der Waals surface area (Å²) in [6.07, 6.45) is 0. The molecule has 0 unspecified atom stereocenters. The lowest BCUT2D eigenvalue weighted by molar-refractivity contribution is 0.103. The third-order valence-corrected chi connectivity index (χ3v) is 4.59. The van der Waals surface area contributed by atoms with Crippen LogP contribution < -0.4 is 18.9 Å². The van der Waals surface area contributed by atoms with Gasteiger partial charge in [0.25, 0.3) is 0 Å². The molecule has 0 aliphatic rings. The molecule has 0 amide bonds. The fourth-order valence-electron chi connectivity index (χ4n) is 2.80. The predicted octanol–water partition coefficient (Wildman–Crippen LogP) is 4.46. The molecule has 0 saturated carbocycles. The fraction of sp³-hybridized carbons (Fsp3) is 0.211. The van der Waals surface area contributed by atoms with E-state index in [0.717, 1.165) is 0 Å². The molecule has 0 aliphatic carbocycles. The number of benzene rings is 2. The van der Waals surface area contributed by atoms with E-state index in [0.29, 0.717) is 49.8 Å². The zero-order valence-corrected chi connectivity index (χ0v) is 16.3. The number of halogens is 1. The molecule has 3 rings (SSSR count). The second kappa shape index (κ2) is 7.29. The number of ketones is 1. The summed E-state index contributed by atoms with van der Waals surface area (Å²) < 4.78 is 27.3. The maximum atomic E-state index is 13.2. The van der Waals surface area contributed by atoms with Crippen LogP contribution in [0.2, 0.25) is 0 Å². The van der Waals surface area contributed by atoms with Crippen LogP contribution in [0.15, 0.2) is 39.4 Å². The highest BCUT2D eigenvalue weighted by Gasteiger charge is 2.26. The molecular weight excluding hydrogens is 404 g/mol. The number of hydrogen-bond acceptors (Lipinski definition) is 6. The summed E-state index contributed by atoms with van der Waals surface area (Å²) >= 11 is 3.34. The maximum absolute atomic E-state index is 13.2. The van der Waals surface area contributed by atoms with E-state index >= 15 is 0 Å². The predicted molar refractivity (Wildman–Crippen MR) is 100.0 cm³/mol. The lowest BCUT2D eigenvalue weighted by Gasteiger charge is -2.15. The molecule has 136 valence electrons. The zero-order valence-electron chi connectivity index (χ0n) is 14.7. The summed E-state index contributed by atoms with van der Waals surface area (Å²) in [7, 11) is 6.05. The van der Waals surface area contributed by atoms with Gasteiger partial charge >= 0.3 is 0 Å². The Labute approximate surface area is 158 Å². The van der Waals surface area contributed by atoms with Gasteiger partial charge in [-0.15, -0.1) is 0 Å². The van der Waals surface area contributed by atoms with Gasteiger partial charge in [-0.05, 0) is 40.2 Å². The Hall–Kier alpha value is -2.67. The molecular formula is C19H17BrO6. The van der Waals surface area contributed by atoms with Gasteiger partial charge in [0.05, 0.1) is 39.6 Å². The van der Waals surface area contributed by atoms with Crippen molar-refractivity contribution in [1.82, 2.24) is 0 Å². The van der Waals surface area contributed by atoms with Crippen LogP contribution in [-0.4, -0.2) is 34.2 Å².